The summed E-state index contributed by atoms with van der Waals surface area (Å²) in [6.07, 6.45) is -2.17. The van der Waals surface area contributed by atoms with Gasteiger partial charge in [-0.1, -0.05) is 18.2 Å². The molecule has 1 heterocycles. The van der Waals surface area contributed by atoms with Gasteiger partial charge in [-0.25, -0.2) is 0 Å². The van der Waals surface area contributed by atoms with Gasteiger partial charge in [-0.05, 0) is 12.5 Å². The Balaban J connectivity index is 2.49. The normalized spacial score (nSPS) is 11.6. The minimum absolute atomic E-state index is 0.0629. The monoisotopic (exact) mass is 254 g/mol. The van der Waals surface area contributed by atoms with Crippen LogP contribution in [0.15, 0.2) is 30.6 Å². The number of benzene rings is 1. The number of aromatic nitrogens is 1. The summed E-state index contributed by atoms with van der Waals surface area (Å²) < 4.78 is 36.6. The average Bonchev–Trinajstić information content (AvgIpc) is 2.28. The number of amides is 1. The van der Waals surface area contributed by atoms with Crippen molar-refractivity contribution >= 4 is 22.4 Å². The van der Waals surface area contributed by atoms with Gasteiger partial charge in [0.2, 0.25) is 0 Å². The minimum Gasteiger partial charge on any atom is -0.316 e. The van der Waals surface area contributed by atoms with Gasteiger partial charge in [0.15, 0.2) is 0 Å². The van der Waals surface area contributed by atoms with E-state index in [9.17, 15) is 18.0 Å². The zero-order valence-electron chi connectivity index (χ0n) is 9.38. The maximum Gasteiger partial charge on any atom is 0.471 e. The number of halogens is 3. The van der Waals surface area contributed by atoms with Crippen molar-refractivity contribution in [2.45, 2.75) is 13.1 Å². The molecule has 0 fully saturated rings. The van der Waals surface area contributed by atoms with Crippen LogP contribution in [-0.4, -0.2) is 17.1 Å². The molecule has 94 valence electrons. The van der Waals surface area contributed by atoms with Gasteiger partial charge in [0.05, 0.1) is 11.9 Å². The van der Waals surface area contributed by atoms with Crippen molar-refractivity contribution in [1.29, 1.82) is 0 Å². The summed E-state index contributed by atoms with van der Waals surface area (Å²) in [6.45, 7) is 1.76. The molecule has 0 radical (unpaired) electrons. The van der Waals surface area contributed by atoms with E-state index in [0.717, 1.165) is 5.56 Å². The van der Waals surface area contributed by atoms with Crippen molar-refractivity contribution in [3.63, 3.8) is 0 Å². The molecule has 0 spiro atoms. The summed E-state index contributed by atoms with van der Waals surface area (Å²) in [4.78, 5) is 14.7. The number of fused-ring (bicyclic) bond motifs is 1. The Bertz CT molecular complexity index is 603. The van der Waals surface area contributed by atoms with Crippen molar-refractivity contribution in [2.24, 2.45) is 0 Å². The first kappa shape index (κ1) is 12.3. The van der Waals surface area contributed by atoms with Crippen LogP contribution >= 0.6 is 0 Å². The fraction of sp³-hybridized carbons (Fsp3) is 0.167. The highest BCUT2D eigenvalue weighted by atomic mass is 19.4. The maximum atomic E-state index is 12.2. The van der Waals surface area contributed by atoms with Crippen molar-refractivity contribution in [2.75, 3.05) is 5.32 Å². The molecule has 0 atom stereocenters. The third kappa shape index (κ3) is 2.27. The zero-order valence-corrected chi connectivity index (χ0v) is 9.38. The third-order valence-corrected chi connectivity index (χ3v) is 2.50. The van der Waals surface area contributed by atoms with Crippen LogP contribution in [0.5, 0.6) is 0 Å². The van der Waals surface area contributed by atoms with Gasteiger partial charge >= 0.3 is 12.1 Å². The number of anilines is 1. The lowest BCUT2D eigenvalue weighted by Crippen LogP contribution is -2.30. The molecule has 0 bridgehead atoms. The molecule has 1 aromatic carbocycles. The van der Waals surface area contributed by atoms with Gasteiger partial charge in [0, 0.05) is 17.0 Å². The molecule has 0 saturated heterocycles. The van der Waals surface area contributed by atoms with Crippen LogP contribution < -0.4 is 5.32 Å². The summed E-state index contributed by atoms with van der Waals surface area (Å²) in [6, 6.07) is 5.25. The molecule has 0 aliphatic carbocycles. The van der Waals surface area contributed by atoms with Gasteiger partial charge in [0.1, 0.15) is 0 Å². The minimum atomic E-state index is -4.91. The summed E-state index contributed by atoms with van der Waals surface area (Å²) in [5.74, 6) is -2.00. The predicted molar refractivity (Wildman–Crippen MR) is 61.2 cm³/mol. The molecule has 0 unspecified atom stereocenters. The number of carbonyl (C=O) groups excluding carboxylic acids is 1. The van der Waals surface area contributed by atoms with E-state index >= 15 is 0 Å². The van der Waals surface area contributed by atoms with Crippen LogP contribution in [0.4, 0.5) is 18.9 Å². The highest BCUT2D eigenvalue weighted by Gasteiger charge is 2.38. The SMILES string of the molecule is Cc1cccc2cncc(NC(=O)C(F)(F)F)c12. The van der Waals surface area contributed by atoms with E-state index in [0.29, 0.717) is 10.8 Å². The Kier molecular flexibility index (Phi) is 2.94. The second kappa shape index (κ2) is 4.29. The molecule has 0 aliphatic rings. The number of hydrogen-bond acceptors (Lipinski definition) is 2. The van der Waals surface area contributed by atoms with Crippen molar-refractivity contribution in [1.82, 2.24) is 4.98 Å². The Morgan fingerprint density at radius 1 is 1.28 bits per heavy atom. The number of nitrogens with zero attached hydrogens (tertiary/aromatic N) is 1. The molecule has 2 rings (SSSR count). The number of rotatable bonds is 1. The van der Waals surface area contributed by atoms with Gasteiger partial charge in [-0.2, -0.15) is 13.2 Å². The molecule has 18 heavy (non-hydrogen) atoms. The van der Waals surface area contributed by atoms with E-state index in [1.54, 1.807) is 25.1 Å². The highest BCUT2D eigenvalue weighted by Crippen LogP contribution is 2.27. The van der Waals surface area contributed by atoms with Crippen LogP contribution in [0.1, 0.15) is 5.56 Å². The second-order valence-corrected chi connectivity index (χ2v) is 3.81. The van der Waals surface area contributed by atoms with E-state index in [4.69, 9.17) is 0 Å². The van der Waals surface area contributed by atoms with Crippen LogP contribution in [-0.2, 0) is 4.79 Å². The molecule has 2 aromatic rings. The van der Waals surface area contributed by atoms with E-state index in [2.05, 4.69) is 4.98 Å². The largest absolute Gasteiger partial charge is 0.471 e. The van der Waals surface area contributed by atoms with Gasteiger partial charge < -0.3 is 5.32 Å². The number of aryl methyl sites for hydroxylation is 1. The summed E-state index contributed by atoms with van der Waals surface area (Å²) >= 11 is 0. The summed E-state index contributed by atoms with van der Waals surface area (Å²) in [7, 11) is 0. The fourth-order valence-electron chi connectivity index (χ4n) is 1.71. The maximum absolute atomic E-state index is 12.2. The molecule has 1 N–H and O–H groups in total. The summed E-state index contributed by atoms with van der Waals surface area (Å²) in [5, 5.41) is 3.08. The summed E-state index contributed by atoms with van der Waals surface area (Å²) in [5.41, 5.74) is 0.834. The lowest BCUT2D eigenvalue weighted by atomic mass is 10.1. The Morgan fingerprint density at radius 2 is 2.00 bits per heavy atom. The molecule has 6 heteroatoms. The van der Waals surface area contributed by atoms with Crippen molar-refractivity contribution in [3.05, 3.63) is 36.2 Å². The standard InChI is InChI=1S/C12H9F3N2O/c1-7-3-2-4-8-5-16-6-9(10(7)8)17-11(18)12(13,14)15/h2-6H,1H3,(H,17,18). The molecular weight excluding hydrogens is 245 g/mol. The van der Waals surface area contributed by atoms with Crippen LogP contribution in [0, 0.1) is 6.92 Å². The lowest BCUT2D eigenvalue weighted by molar-refractivity contribution is -0.167. The van der Waals surface area contributed by atoms with Crippen LogP contribution in [0.3, 0.4) is 0 Å². The van der Waals surface area contributed by atoms with Crippen LogP contribution in [0.2, 0.25) is 0 Å². The van der Waals surface area contributed by atoms with Gasteiger partial charge in [0.25, 0.3) is 0 Å². The van der Waals surface area contributed by atoms with Gasteiger partial charge in [-0.3, -0.25) is 9.78 Å². The number of pyridine rings is 1. The van der Waals surface area contributed by atoms with E-state index < -0.39 is 12.1 Å². The first-order valence-electron chi connectivity index (χ1n) is 5.11. The molecule has 1 aromatic heterocycles. The Hall–Kier alpha value is -2.11. The number of nitrogens with one attached hydrogen (secondary N) is 1. The number of alkyl halides is 3. The average molecular weight is 254 g/mol. The van der Waals surface area contributed by atoms with Crippen molar-refractivity contribution < 1.29 is 18.0 Å². The third-order valence-electron chi connectivity index (χ3n) is 2.50. The first-order chi connectivity index (χ1) is 8.39. The zero-order chi connectivity index (χ0) is 13.3. The van der Waals surface area contributed by atoms with E-state index in [1.165, 1.54) is 12.4 Å². The molecule has 3 nitrogen and oxygen atoms in total. The smallest absolute Gasteiger partial charge is 0.316 e. The highest BCUT2D eigenvalue weighted by molar-refractivity contribution is 6.04. The Morgan fingerprint density at radius 3 is 2.67 bits per heavy atom. The Labute approximate surface area is 101 Å². The molecular formula is C12H9F3N2O. The molecule has 0 aliphatic heterocycles. The predicted octanol–water partition coefficient (Wildman–Crippen LogP) is 3.04. The van der Waals surface area contributed by atoms with E-state index in [-0.39, 0.29) is 5.69 Å². The lowest BCUT2D eigenvalue weighted by Gasteiger charge is -2.11. The number of hydrogen-bond donors (Lipinski definition) is 1. The quantitative estimate of drug-likeness (QED) is 0.849. The van der Waals surface area contributed by atoms with Crippen molar-refractivity contribution in [3.8, 4) is 0 Å². The molecule has 1 amide bonds. The van der Waals surface area contributed by atoms with E-state index in [1.807, 2.05) is 5.32 Å². The molecule has 0 saturated carbocycles. The number of carbonyl (C=O) groups is 1. The second-order valence-electron chi connectivity index (χ2n) is 3.81. The first-order valence-corrected chi connectivity index (χ1v) is 5.11. The fourth-order valence-corrected chi connectivity index (χ4v) is 1.71. The van der Waals surface area contributed by atoms with Gasteiger partial charge in [-0.15, -0.1) is 0 Å². The topological polar surface area (TPSA) is 42.0 Å². The van der Waals surface area contributed by atoms with Crippen LogP contribution in [0.25, 0.3) is 10.8 Å².